The lowest BCUT2D eigenvalue weighted by Gasteiger charge is -2.10. The molecule has 2 heterocycles. The fraction of sp³-hybridized carbons (Fsp3) is 0.133. The molecule has 1 amide bonds. The standard InChI is InChI=1S/C15H14N4OS/c1-16-14-11-5-3-2-4-10(11)12(8-18-14)15(20)19-9-13-17-6-7-21-13/h2-8H,9H2,1H3,(H,16,18)(H,19,20). The van der Waals surface area contributed by atoms with Crippen molar-refractivity contribution in [1.29, 1.82) is 0 Å². The summed E-state index contributed by atoms with van der Waals surface area (Å²) in [5.74, 6) is 0.624. The van der Waals surface area contributed by atoms with Crippen LogP contribution in [-0.2, 0) is 6.54 Å². The number of fused-ring (bicyclic) bond motifs is 1. The Labute approximate surface area is 126 Å². The average molecular weight is 298 g/mol. The lowest BCUT2D eigenvalue weighted by Crippen LogP contribution is -2.23. The summed E-state index contributed by atoms with van der Waals surface area (Å²) in [6.45, 7) is 0.429. The van der Waals surface area contributed by atoms with E-state index in [0.29, 0.717) is 12.1 Å². The Hall–Kier alpha value is -2.47. The topological polar surface area (TPSA) is 66.9 Å². The molecule has 6 heteroatoms. The first kappa shape index (κ1) is 13.5. The predicted octanol–water partition coefficient (Wildman–Crippen LogP) is 2.66. The van der Waals surface area contributed by atoms with E-state index < -0.39 is 0 Å². The molecule has 0 bridgehead atoms. The maximum atomic E-state index is 12.4. The number of pyridine rings is 1. The minimum Gasteiger partial charge on any atom is -0.373 e. The number of nitrogens with one attached hydrogen (secondary N) is 2. The number of amides is 1. The summed E-state index contributed by atoms with van der Waals surface area (Å²) >= 11 is 1.52. The Kier molecular flexibility index (Phi) is 3.79. The number of carbonyl (C=O) groups excluding carboxylic acids is 1. The Morgan fingerprint density at radius 2 is 2.05 bits per heavy atom. The molecular weight excluding hydrogens is 284 g/mol. The molecule has 0 saturated carbocycles. The second-order valence-electron chi connectivity index (χ2n) is 4.42. The molecule has 1 aromatic carbocycles. The van der Waals surface area contributed by atoms with Crippen LogP contribution in [0.25, 0.3) is 10.8 Å². The summed E-state index contributed by atoms with van der Waals surface area (Å²) in [7, 11) is 1.82. The highest BCUT2D eigenvalue weighted by Crippen LogP contribution is 2.24. The number of anilines is 1. The summed E-state index contributed by atoms with van der Waals surface area (Å²) in [4.78, 5) is 20.8. The molecule has 106 valence electrons. The van der Waals surface area contributed by atoms with Gasteiger partial charge in [0.05, 0.1) is 12.1 Å². The zero-order chi connectivity index (χ0) is 14.7. The van der Waals surface area contributed by atoms with Crippen molar-refractivity contribution in [1.82, 2.24) is 15.3 Å². The highest BCUT2D eigenvalue weighted by molar-refractivity contribution is 7.09. The van der Waals surface area contributed by atoms with Gasteiger partial charge in [0.1, 0.15) is 10.8 Å². The summed E-state index contributed by atoms with van der Waals surface area (Å²) in [6, 6.07) is 7.73. The lowest BCUT2D eigenvalue weighted by molar-refractivity contribution is 0.0952. The molecule has 2 N–H and O–H groups in total. The maximum absolute atomic E-state index is 12.4. The van der Waals surface area contributed by atoms with Gasteiger partial charge >= 0.3 is 0 Å². The number of carbonyl (C=O) groups is 1. The van der Waals surface area contributed by atoms with Crippen molar-refractivity contribution < 1.29 is 4.79 Å². The van der Waals surface area contributed by atoms with E-state index in [0.717, 1.165) is 21.6 Å². The molecule has 0 spiro atoms. The zero-order valence-electron chi connectivity index (χ0n) is 11.5. The molecule has 0 saturated heterocycles. The Morgan fingerprint density at radius 1 is 1.24 bits per heavy atom. The monoisotopic (exact) mass is 298 g/mol. The van der Waals surface area contributed by atoms with Crippen molar-refractivity contribution in [2.75, 3.05) is 12.4 Å². The second kappa shape index (κ2) is 5.88. The Balaban J connectivity index is 1.91. The van der Waals surface area contributed by atoms with Gasteiger partial charge < -0.3 is 10.6 Å². The van der Waals surface area contributed by atoms with E-state index in [2.05, 4.69) is 20.6 Å². The van der Waals surface area contributed by atoms with E-state index in [1.807, 2.05) is 36.7 Å². The van der Waals surface area contributed by atoms with Gasteiger partial charge in [-0.3, -0.25) is 4.79 Å². The highest BCUT2D eigenvalue weighted by Gasteiger charge is 2.13. The largest absolute Gasteiger partial charge is 0.373 e. The van der Waals surface area contributed by atoms with Gasteiger partial charge in [0.2, 0.25) is 0 Å². The molecule has 3 aromatic rings. The van der Waals surface area contributed by atoms with Crippen molar-refractivity contribution in [3.8, 4) is 0 Å². The quantitative estimate of drug-likeness (QED) is 0.777. The fourth-order valence-corrected chi connectivity index (χ4v) is 2.72. The fourth-order valence-electron chi connectivity index (χ4n) is 2.16. The van der Waals surface area contributed by atoms with Crippen molar-refractivity contribution in [3.05, 3.63) is 52.6 Å². The first-order valence-corrected chi connectivity index (χ1v) is 7.39. The zero-order valence-corrected chi connectivity index (χ0v) is 12.3. The summed E-state index contributed by atoms with van der Waals surface area (Å²) in [5.41, 5.74) is 0.571. The molecule has 0 atom stereocenters. The van der Waals surface area contributed by atoms with Gasteiger partial charge in [-0.2, -0.15) is 0 Å². The third-order valence-electron chi connectivity index (χ3n) is 3.16. The van der Waals surface area contributed by atoms with E-state index in [1.165, 1.54) is 11.3 Å². The van der Waals surface area contributed by atoms with E-state index >= 15 is 0 Å². The van der Waals surface area contributed by atoms with Crippen LogP contribution in [0.4, 0.5) is 5.82 Å². The Bertz CT molecular complexity index is 770. The van der Waals surface area contributed by atoms with Crippen LogP contribution in [0.15, 0.2) is 42.0 Å². The van der Waals surface area contributed by atoms with Gasteiger partial charge in [0.15, 0.2) is 0 Å². The molecular formula is C15H14N4OS. The van der Waals surface area contributed by atoms with Crippen LogP contribution >= 0.6 is 11.3 Å². The van der Waals surface area contributed by atoms with E-state index in [9.17, 15) is 4.79 Å². The molecule has 0 aliphatic carbocycles. The van der Waals surface area contributed by atoms with Crippen molar-refractivity contribution in [2.45, 2.75) is 6.54 Å². The Morgan fingerprint density at radius 3 is 2.76 bits per heavy atom. The predicted molar refractivity (Wildman–Crippen MR) is 84.6 cm³/mol. The van der Waals surface area contributed by atoms with Crippen molar-refractivity contribution in [2.24, 2.45) is 0 Å². The minimum atomic E-state index is -0.142. The second-order valence-corrected chi connectivity index (χ2v) is 5.40. The maximum Gasteiger partial charge on any atom is 0.253 e. The minimum absolute atomic E-state index is 0.142. The smallest absolute Gasteiger partial charge is 0.253 e. The summed E-state index contributed by atoms with van der Waals surface area (Å²) < 4.78 is 0. The first-order valence-electron chi connectivity index (χ1n) is 6.51. The van der Waals surface area contributed by atoms with Crippen LogP contribution in [0.2, 0.25) is 0 Å². The molecule has 0 aliphatic heterocycles. The lowest BCUT2D eigenvalue weighted by atomic mass is 10.1. The molecule has 21 heavy (non-hydrogen) atoms. The van der Waals surface area contributed by atoms with Gasteiger partial charge in [-0.25, -0.2) is 9.97 Å². The molecule has 0 radical (unpaired) electrons. The van der Waals surface area contributed by atoms with Crippen molar-refractivity contribution >= 4 is 33.8 Å². The van der Waals surface area contributed by atoms with Crippen LogP contribution in [0.1, 0.15) is 15.4 Å². The molecule has 2 aromatic heterocycles. The third kappa shape index (κ3) is 2.71. The number of nitrogens with zero attached hydrogens (tertiary/aromatic N) is 2. The number of hydrogen-bond donors (Lipinski definition) is 2. The van der Waals surface area contributed by atoms with E-state index in [4.69, 9.17) is 0 Å². The van der Waals surface area contributed by atoms with Crippen LogP contribution in [-0.4, -0.2) is 22.9 Å². The number of thiazole rings is 1. The van der Waals surface area contributed by atoms with Crippen LogP contribution < -0.4 is 10.6 Å². The van der Waals surface area contributed by atoms with E-state index in [-0.39, 0.29) is 5.91 Å². The van der Waals surface area contributed by atoms with Crippen LogP contribution in [0.3, 0.4) is 0 Å². The summed E-state index contributed by atoms with van der Waals surface area (Å²) in [6.07, 6.45) is 3.33. The first-order chi connectivity index (χ1) is 10.3. The van der Waals surface area contributed by atoms with Gasteiger partial charge in [0, 0.05) is 30.2 Å². The SMILES string of the molecule is CNc1ncc(C(=O)NCc2nccs2)c2ccccc12. The molecule has 0 fully saturated rings. The average Bonchev–Trinajstić information content (AvgIpc) is 3.05. The van der Waals surface area contributed by atoms with Gasteiger partial charge in [0.25, 0.3) is 5.91 Å². The number of hydrogen-bond acceptors (Lipinski definition) is 5. The number of benzene rings is 1. The van der Waals surface area contributed by atoms with E-state index in [1.54, 1.807) is 12.4 Å². The molecule has 0 unspecified atom stereocenters. The molecule has 3 rings (SSSR count). The van der Waals surface area contributed by atoms with Crippen LogP contribution in [0, 0.1) is 0 Å². The van der Waals surface area contributed by atoms with Gasteiger partial charge in [-0.15, -0.1) is 11.3 Å². The molecule has 0 aliphatic rings. The number of aromatic nitrogens is 2. The van der Waals surface area contributed by atoms with Crippen LogP contribution in [0.5, 0.6) is 0 Å². The number of rotatable bonds is 4. The molecule has 5 nitrogen and oxygen atoms in total. The van der Waals surface area contributed by atoms with Crippen molar-refractivity contribution in [3.63, 3.8) is 0 Å². The van der Waals surface area contributed by atoms with Gasteiger partial charge in [-0.05, 0) is 5.39 Å². The normalized spacial score (nSPS) is 10.5. The third-order valence-corrected chi connectivity index (χ3v) is 3.94. The highest BCUT2D eigenvalue weighted by atomic mass is 32.1. The summed E-state index contributed by atoms with van der Waals surface area (Å²) in [5, 5.41) is 10.5. The van der Waals surface area contributed by atoms with Gasteiger partial charge in [-0.1, -0.05) is 24.3 Å².